The molecule has 2 aromatic heterocycles. The van der Waals surface area contributed by atoms with E-state index in [-0.39, 0.29) is 0 Å². The van der Waals surface area contributed by atoms with Gasteiger partial charge < -0.3 is 14.5 Å². The lowest BCUT2D eigenvalue weighted by atomic mass is 10.2. The summed E-state index contributed by atoms with van der Waals surface area (Å²) in [5.41, 5.74) is 1.15. The van der Waals surface area contributed by atoms with E-state index in [1.165, 1.54) is 12.8 Å². The van der Waals surface area contributed by atoms with E-state index in [9.17, 15) is 5.26 Å². The number of morpholine rings is 1. The molecule has 2 aromatic rings. The maximum absolute atomic E-state index is 9.20. The van der Waals surface area contributed by atoms with E-state index < -0.39 is 0 Å². The summed E-state index contributed by atoms with van der Waals surface area (Å²) >= 11 is 0. The number of pyridine rings is 1. The second kappa shape index (κ2) is 8.27. The highest BCUT2D eigenvalue weighted by atomic mass is 16.5. The molecule has 0 amide bonds. The number of hydrogen-bond acceptors (Lipinski definition) is 8. The topological polar surface area (TPSA) is 91.1 Å². The third kappa shape index (κ3) is 4.14. The average molecular weight is 365 g/mol. The Hall–Kier alpha value is -2.79. The third-order valence-electron chi connectivity index (χ3n) is 4.91. The fourth-order valence-electron chi connectivity index (χ4n) is 3.41. The molecular weight excluding hydrogens is 342 g/mol. The normalized spacial score (nSPS) is 18.0. The highest BCUT2D eigenvalue weighted by Crippen LogP contribution is 2.23. The van der Waals surface area contributed by atoms with Crippen LogP contribution in [0.4, 0.5) is 11.9 Å². The SMILES string of the molecule is N#Cc1ccnc(-c2nc(N3CCCCCC3)nc(N3CCOCC3)n2)c1. The van der Waals surface area contributed by atoms with Gasteiger partial charge in [-0.3, -0.25) is 4.98 Å². The van der Waals surface area contributed by atoms with Gasteiger partial charge in [0.05, 0.1) is 24.8 Å². The molecule has 4 heterocycles. The molecule has 0 saturated carbocycles. The largest absolute Gasteiger partial charge is 0.378 e. The standard InChI is InChI=1S/C19H23N7O/c20-14-15-5-6-21-16(13-15)17-22-18(25-7-3-1-2-4-8-25)24-19(23-17)26-9-11-27-12-10-26/h5-6,13H,1-4,7-12H2. The first-order valence-corrected chi connectivity index (χ1v) is 9.54. The lowest BCUT2D eigenvalue weighted by Gasteiger charge is -2.28. The molecule has 0 radical (unpaired) electrons. The van der Waals surface area contributed by atoms with E-state index >= 15 is 0 Å². The first-order chi connectivity index (χ1) is 13.3. The minimum absolute atomic E-state index is 0.517. The average Bonchev–Trinajstić information content (AvgIpc) is 3.04. The maximum Gasteiger partial charge on any atom is 0.230 e. The summed E-state index contributed by atoms with van der Waals surface area (Å²) in [6, 6.07) is 5.56. The number of nitriles is 1. The van der Waals surface area contributed by atoms with Gasteiger partial charge in [0.15, 0.2) is 5.82 Å². The number of anilines is 2. The summed E-state index contributed by atoms with van der Waals surface area (Å²) in [7, 11) is 0. The molecule has 8 heteroatoms. The number of rotatable bonds is 3. The number of ether oxygens (including phenoxy) is 1. The lowest BCUT2D eigenvalue weighted by molar-refractivity contribution is 0.122. The maximum atomic E-state index is 9.20. The van der Waals surface area contributed by atoms with Crippen molar-refractivity contribution in [1.29, 1.82) is 5.26 Å². The van der Waals surface area contributed by atoms with E-state index in [2.05, 4.69) is 25.8 Å². The van der Waals surface area contributed by atoms with Gasteiger partial charge in [-0.15, -0.1) is 0 Å². The Labute approximate surface area is 158 Å². The molecule has 0 unspecified atom stereocenters. The van der Waals surface area contributed by atoms with Gasteiger partial charge in [-0.2, -0.15) is 20.2 Å². The van der Waals surface area contributed by atoms with Crippen molar-refractivity contribution >= 4 is 11.9 Å². The number of aromatic nitrogens is 4. The van der Waals surface area contributed by atoms with Crippen molar-refractivity contribution < 1.29 is 4.74 Å². The minimum atomic E-state index is 0.517. The fourth-order valence-corrected chi connectivity index (χ4v) is 3.41. The van der Waals surface area contributed by atoms with Crippen LogP contribution >= 0.6 is 0 Å². The monoisotopic (exact) mass is 365 g/mol. The van der Waals surface area contributed by atoms with E-state index in [1.807, 2.05) is 0 Å². The van der Waals surface area contributed by atoms with Gasteiger partial charge in [0.1, 0.15) is 5.69 Å². The van der Waals surface area contributed by atoms with Gasteiger partial charge in [-0.25, -0.2) is 0 Å². The molecule has 0 bridgehead atoms. The van der Waals surface area contributed by atoms with Crippen LogP contribution in [-0.4, -0.2) is 59.3 Å². The van der Waals surface area contributed by atoms with E-state index in [1.54, 1.807) is 18.3 Å². The molecule has 4 rings (SSSR count). The molecule has 0 aromatic carbocycles. The summed E-state index contributed by atoms with van der Waals surface area (Å²) in [6.45, 7) is 4.77. The van der Waals surface area contributed by atoms with Gasteiger partial charge in [0.25, 0.3) is 0 Å². The van der Waals surface area contributed by atoms with Crippen molar-refractivity contribution in [2.24, 2.45) is 0 Å². The van der Waals surface area contributed by atoms with E-state index in [0.29, 0.717) is 42.2 Å². The molecule has 27 heavy (non-hydrogen) atoms. The van der Waals surface area contributed by atoms with Crippen LogP contribution in [0.15, 0.2) is 18.3 Å². The smallest absolute Gasteiger partial charge is 0.230 e. The van der Waals surface area contributed by atoms with Crippen molar-refractivity contribution in [2.45, 2.75) is 25.7 Å². The van der Waals surface area contributed by atoms with E-state index in [4.69, 9.17) is 14.7 Å². The first-order valence-electron chi connectivity index (χ1n) is 9.54. The van der Waals surface area contributed by atoms with Crippen LogP contribution in [0.25, 0.3) is 11.5 Å². The second-order valence-electron chi connectivity index (χ2n) is 6.80. The van der Waals surface area contributed by atoms with Crippen LogP contribution in [-0.2, 0) is 4.74 Å². The van der Waals surface area contributed by atoms with Gasteiger partial charge >= 0.3 is 0 Å². The molecule has 2 aliphatic rings. The van der Waals surface area contributed by atoms with Crippen molar-refractivity contribution in [3.05, 3.63) is 23.9 Å². The van der Waals surface area contributed by atoms with Crippen LogP contribution in [0.5, 0.6) is 0 Å². The Balaban J connectivity index is 1.74. The zero-order valence-electron chi connectivity index (χ0n) is 15.3. The van der Waals surface area contributed by atoms with Crippen LogP contribution in [0, 0.1) is 11.3 Å². The summed E-state index contributed by atoms with van der Waals surface area (Å²) < 4.78 is 5.46. The molecule has 8 nitrogen and oxygen atoms in total. The molecule has 2 saturated heterocycles. The number of nitrogens with zero attached hydrogens (tertiary/aromatic N) is 7. The lowest BCUT2D eigenvalue weighted by Crippen LogP contribution is -2.38. The molecule has 2 aliphatic heterocycles. The molecule has 2 fully saturated rings. The number of hydrogen-bond donors (Lipinski definition) is 0. The Morgan fingerprint density at radius 3 is 2.22 bits per heavy atom. The highest BCUT2D eigenvalue weighted by molar-refractivity contribution is 5.56. The van der Waals surface area contributed by atoms with Crippen LogP contribution in [0.3, 0.4) is 0 Å². The Morgan fingerprint density at radius 1 is 0.889 bits per heavy atom. The predicted octanol–water partition coefficient (Wildman–Crippen LogP) is 2.02. The van der Waals surface area contributed by atoms with Crippen LogP contribution < -0.4 is 9.80 Å². The third-order valence-corrected chi connectivity index (χ3v) is 4.91. The fraction of sp³-hybridized carbons (Fsp3) is 0.526. The van der Waals surface area contributed by atoms with Gasteiger partial charge in [0, 0.05) is 32.4 Å². The zero-order valence-corrected chi connectivity index (χ0v) is 15.3. The zero-order chi connectivity index (χ0) is 18.5. The van der Waals surface area contributed by atoms with Crippen molar-refractivity contribution in [3.63, 3.8) is 0 Å². The first kappa shape index (κ1) is 17.6. The molecule has 0 spiro atoms. The van der Waals surface area contributed by atoms with Gasteiger partial charge in [-0.05, 0) is 25.0 Å². The quantitative estimate of drug-likeness (QED) is 0.816. The Kier molecular flexibility index (Phi) is 5.39. The van der Waals surface area contributed by atoms with Crippen LogP contribution in [0.1, 0.15) is 31.2 Å². The van der Waals surface area contributed by atoms with Gasteiger partial charge in [-0.1, -0.05) is 12.8 Å². The molecule has 0 atom stereocenters. The minimum Gasteiger partial charge on any atom is -0.378 e. The summed E-state index contributed by atoms with van der Waals surface area (Å²) in [4.78, 5) is 22.9. The Morgan fingerprint density at radius 2 is 1.56 bits per heavy atom. The summed E-state index contributed by atoms with van der Waals surface area (Å²) in [6.07, 6.45) is 6.41. The second-order valence-corrected chi connectivity index (χ2v) is 6.80. The highest BCUT2D eigenvalue weighted by Gasteiger charge is 2.21. The summed E-state index contributed by atoms with van der Waals surface area (Å²) in [5, 5.41) is 9.20. The van der Waals surface area contributed by atoms with Crippen molar-refractivity contribution in [3.8, 4) is 17.6 Å². The predicted molar refractivity (Wildman–Crippen MR) is 101 cm³/mol. The van der Waals surface area contributed by atoms with E-state index in [0.717, 1.165) is 39.0 Å². The van der Waals surface area contributed by atoms with Crippen molar-refractivity contribution in [2.75, 3.05) is 49.2 Å². The molecule has 140 valence electrons. The van der Waals surface area contributed by atoms with Gasteiger partial charge in [0.2, 0.25) is 11.9 Å². The van der Waals surface area contributed by atoms with Crippen molar-refractivity contribution in [1.82, 2.24) is 19.9 Å². The molecule has 0 aliphatic carbocycles. The van der Waals surface area contributed by atoms with Crippen LogP contribution in [0.2, 0.25) is 0 Å². The molecular formula is C19H23N7O. The molecule has 0 N–H and O–H groups in total. The summed E-state index contributed by atoms with van der Waals surface area (Å²) in [5.74, 6) is 1.88. The Bertz CT molecular complexity index is 821.